The summed E-state index contributed by atoms with van der Waals surface area (Å²) in [4.78, 5) is 25.4. The first kappa shape index (κ1) is 13.3. The van der Waals surface area contributed by atoms with Crippen LogP contribution in [0.1, 0.15) is 19.8 Å². The average Bonchev–Trinajstić information content (AvgIpc) is 2.16. The molecule has 0 spiro atoms. The van der Waals surface area contributed by atoms with E-state index in [2.05, 4.69) is 16.1 Å². The first-order valence-corrected chi connectivity index (χ1v) is 4.46. The Hall–Kier alpha value is -1.74. The molecule has 0 bridgehead atoms. The Balaban J connectivity index is 3.72. The van der Waals surface area contributed by atoms with Crippen LogP contribution in [0.2, 0.25) is 0 Å². The molecule has 0 aliphatic carbocycles. The number of hydroxylamine groups is 1. The second-order valence-corrected chi connectivity index (χ2v) is 2.77. The van der Waals surface area contributed by atoms with Gasteiger partial charge < -0.3 is 10.4 Å². The van der Waals surface area contributed by atoms with Gasteiger partial charge in [-0.15, -0.1) is 6.42 Å². The third-order valence-corrected chi connectivity index (χ3v) is 1.44. The number of hydrogen-bond acceptors (Lipinski definition) is 3. The fraction of sp³-hybridized carbons (Fsp3) is 0.556. The van der Waals surface area contributed by atoms with Crippen molar-refractivity contribution in [3.63, 3.8) is 0 Å². The maximum absolute atomic E-state index is 11.0. The molecule has 0 aromatic carbocycles. The lowest BCUT2D eigenvalue weighted by atomic mass is 10.2. The van der Waals surface area contributed by atoms with Crippen LogP contribution in [0.4, 0.5) is 4.79 Å². The summed E-state index contributed by atoms with van der Waals surface area (Å²) in [6, 6.07) is -1.02. The Morgan fingerprint density at radius 2 is 2.27 bits per heavy atom. The van der Waals surface area contributed by atoms with E-state index in [9.17, 15) is 9.59 Å². The van der Waals surface area contributed by atoms with E-state index in [0.29, 0.717) is 6.42 Å². The highest BCUT2D eigenvalue weighted by molar-refractivity contribution is 5.74. The van der Waals surface area contributed by atoms with Gasteiger partial charge >= 0.3 is 12.0 Å². The molecule has 0 heterocycles. The number of carboxylic acids is 1. The van der Waals surface area contributed by atoms with Gasteiger partial charge in [0.05, 0.1) is 6.04 Å². The Morgan fingerprint density at radius 1 is 1.60 bits per heavy atom. The zero-order valence-electron chi connectivity index (χ0n) is 8.45. The number of carbonyl (C=O) groups is 2. The molecular formula is C9H14N2O4. The minimum absolute atomic E-state index is 0.372. The number of amides is 2. The first-order valence-electron chi connectivity index (χ1n) is 4.46. The first-order chi connectivity index (χ1) is 7.10. The van der Waals surface area contributed by atoms with Gasteiger partial charge in [0.15, 0.2) is 6.61 Å². The molecule has 1 atom stereocenters. The maximum atomic E-state index is 11.0. The Labute approximate surface area is 87.9 Å². The lowest BCUT2D eigenvalue weighted by molar-refractivity contribution is -0.144. The van der Waals surface area contributed by atoms with Crippen LogP contribution in [0.5, 0.6) is 0 Å². The molecule has 0 aromatic heterocycles. The summed E-state index contributed by atoms with van der Waals surface area (Å²) in [7, 11) is 0. The fourth-order valence-electron chi connectivity index (χ4n) is 0.837. The Kier molecular flexibility index (Phi) is 6.76. The maximum Gasteiger partial charge on any atom is 0.339 e. The van der Waals surface area contributed by atoms with Crippen molar-refractivity contribution < 1.29 is 19.5 Å². The van der Waals surface area contributed by atoms with E-state index in [4.69, 9.17) is 11.5 Å². The summed E-state index contributed by atoms with van der Waals surface area (Å²) in [6.45, 7) is 1.34. The van der Waals surface area contributed by atoms with Crippen LogP contribution in [0.25, 0.3) is 0 Å². The lowest BCUT2D eigenvalue weighted by Crippen LogP contribution is -2.42. The van der Waals surface area contributed by atoms with Gasteiger partial charge in [0, 0.05) is 0 Å². The van der Waals surface area contributed by atoms with Crippen molar-refractivity contribution in [3.05, 3.63) is 0 Å². The molecule has 0 radical (unpaired) electrons. The number of rotatable bonds is 6. The molecule has 0 aliphatic heterocycles. The summed E-state index contributed by atoms with van der Waals surface area (Å²) in [6.07, 6.45) is 6.65. The van der Waals surface area contributed by atoms with E-state index in [1.807, 2.05) is 12.4 Å². The second-order valence-electron chi connectivity index (χ2n) is 2.77. The molecule has 3 N–H and O–H groups in total. The number of urea groups is 1. The van der Waals surface area contributed by atoms with Crippen molar-refractivity contribution in [3.8, 4) is 12.3 Å². The minimum atomic E-state index is -1.17. The Morgan fingerprint density at radius 3 is 2.73 bits per heavy atom. The summed E-state index contributed by atoms with van der Waals surface area (Å²) >= 11 is 0. The zero-order valence-corrected chi connectivity index (χ0v) is 8.45. The molecule has 0 saturated carbocycles. The van der Waals surface area contributed by atoms with E-state index in [1.165, 1.54) is 0 Å². The van der Waals surface area contributed by atoms with Crippen molar-refractivity contribution >= 4 is 12.0 Å². The predicted molar refractivity (Wildman–Crippen MR) is 52.8 cm³/mol. The number of hydrogen-bond donors (Lipinski definition) is 3. The number of terminal acetylenes is 1. The summed E-state index contributed by atoms with van der Waals surface area (Å²) in [5.41, 5.74) is 1.91. The predicted octanol–water partition coefficient (Wildman–Crippen LogP) is 0.104. The van der Waals surface area contributed by atoms with Gasteiger partial charge in [-0.05, 0) is 6.42 Å². The van der Waals surface area contributed by atoms with E-state index in [-0.39, 0.29) is 6.04 Å². The highest BCUT2D eigenvalue weighted by atomic mass is 16.7. The molecule has 1 unspecified atom stereocenters. The number of nitrogens with one attached hydrogen (secondary N) is 2. The molecule has 84 valence electrons. The molecule has 6 nitrogen and oxygen atoms in total. The zero-order chi connectivity index (χ0) is 11.7. The molecule has 0 aliphatic rings. The number of aliphatic carboxylic acids is 1. The molecule has 6 heteroatoms. The molecule has 0 rings (SSSR count). The van der Waals surface area contributed by atoms with Crippen LogP contribution in [0.15, 0.2) is 0 Å². The molecule has 0 aromatic rings. The second kappa shape index (κ2) is 7.64. The molecular weight excluding hydrogens is 200 g/mol. The number of carboxylic acid groups (broad SMARTS) is 1. The third kappa shape index (κ3) is 7.34. The van der Waals surface area contributed by atoms with E-state index < -0.39 is 18.6 Å². The van der Waals surface area contributed by atoms with Crippen LogP contribution < -0.4 is 10.8 Å². The van der Waals surface area contributed by atoms with Crippen molar-refractivity contribution in [1.29, 1.82) is 0 Å². The van der Waals surface area contributed by atoms with Crippen LogP contribution in [-0.2, 0) is 9.63 Å². The SMILES string of the molecule is C#CC(CCC)NC(=O)NOCC(=O)O. The van der Waals surface area contributed by atoms with Crippen LogP contribution in [0, 0.1) is 12.3 Å². The van der Waals surface area contributed by atoms with Crippen LogP contribution >= 0.6 is 0 Å². The fourth-order valence-corrected chi connectivity index (χ4v) is 0.837. The quantitative estimate of drug-likeness (QED) is 0.432. The standard InChI is InChI=1S/C9H14N2O4/c1-3-5-7(4-2)10-9(14)11-15-6-8(12)13/h2,7H,3,5-6H2,1H3,(H,12,13)(H2,10,11,14). The molecule has 0 fully saturated rings. The van der Waals surface area contributed by atoms with Crippen LogP contribution in [-0.4, -0.2) is 29.8 Å². The normalized spacial score (nSPS) is 11.2. The van der Waals surface area contributed by atoms with Gasteiger partial charge in [-0.25, -0.2) is 15.1 Å². The number of carbonyl (C=O) groups excluding carboxylic acids is 1. The van der Waals surface area contributed by atoms with Crippen molar-refractivity contribution in [2.24, 2.45) is 0 Å². The minimum Gasteiger partial charge on any atom is -0.479 e. The van der Waals surface area contributed by atoms with Gasteiger partial charge in [-0.3, -0.25) is 4.84 Å². The summed E-state index contributed by atoms with van der Waals surface area (Å²) in [5, 5.41) is 10.6. The van der Waals surface area contributed by atoms with Crippen molar-refractivity contribution in [1.82, 2.24) is 10.8 Å². The van der Waals surface area contributed by atoms with Crippen molar-refractivity contribution in [2.75, 3.05) is 6.61 Å². The highest BCUT2D eigenvalue weighted by Crippen LogP contribution is 1.93. The van der Waals surface area contributed by atoms with Gasteiger partial charge in [0.25, 0.3) is 0 Å². The highest BCUT2D eigenvalue weighted by Gasteiger charge is 2.08. The summed E-state index contributed by atoms with van der Waals surface area (Å²) < 4.78 is 0. The third-order valence-electron chi connectivity index (χ3n) is 1.44. The topological polar surface area (TPSA) is 87.7 Å². The van der Waals surface area contributed by atoms with Gasteiger partial charge in [0.2, 0.25) is 0 Å². The largest absolute Gasteiger partial charge is 0.479 e. The van der Waals surface area contributed by atoms with E-state index in [1.54, 1.807) is 0 Å². The molecule has 0 saturated heterocycles. The van der Waals surface area contributed by atoms with E-state index in [0.717, 1.165) is 6.42 Å². The van der Waals surface area contributed by atoms with Gasteiger partial charge in [-0.1, -0.05) is 19.3 Å². The smallest absolute Gasteiger partial charge is 0.339 e. The Bertz CT molecular complexity index is 259. The van der Waals surface area contributed by atoms with E-state index >= 15 is 0 Å². The van der Waals surface area contributed by atoms with Crippen LogP contribution in [0.3, 0.4) is 0 Å². The summed E-state index contributed by atoms with van der Waals surface area (Å²) in [5.74, 6) is 1.22. The monoisotopic (exact) mass is 214 g/mol. The van der Waals surface area contributed by atoms with Gasteiger partial charge in [-0.2, -0.15) is 0 Å². The molecule has 15 heavy (non-hydrogen) atoms. The lowest BCUT2D eigenvalue weighted by Gasteiger charge is -2.12. The average molecular weight is 214 g/mol. The van der Waals surface area contributed by atoms with Crippen molar-refractivity contribution in [2.45, 2.75) is 25.8 Å². The van der Waals surface area contributed by atoms with Gasteiger partial charge in [0.1, 0.15) is 0 Å². The molecule has 2 amide bonds.